The Hall–Kier alpha value is -3.56. The van der Waals surface area contributed by atoms with Crippen LogP contribution in [0.4, 0.5) is 9.59 Å². The molecule has 3 aliphatic heterocycles. The predicted molar refractivity (Wildman–Crippen MR) is 143 cm³/mol. The lowest BCUT2D eigenvalue weighted by Gasteiger charge is -2.34. The van der Waals surface area contributed by atoms with Crippen molar-refractivity contribution >= 4 is 30.1 Å². The van der Waals surface area contributed by atoms with Crippen LogP contribution in [0.25, 0.3) is 6.08 Å². The van der Waals surface area contributed by atoms with Crippen LogP contribution in [0.5, 0.6) is 0 Å². The fraction of sp³-hybridized carbons (Fsp3) is 0.586. The van der Waals surface area contributed by atoms with Crippen LogP contribution in [0, 0.1) is 10.8 Å². The van der Waals surface area contributed by atoms with E-state index >= 15 is 0 Å². The summed E-state index contributed by atoms with van der Waals surface area (Å²) in [5, 5.41) is 12.6. The topological polar surface area (TPSA) is 125 Å². The maximum Gasteiger partial charge on any atom is 0.410 e. The minimum Gasteiger partial charge on any atom is -0.480 e. The molecule has 3 atom stereocenters. The van der Waals surface area contributed by atoms with Gasteiger partial charge in [0.1, 0.15) is 18.2 Å². The van der Waals surface area contributed by atoms with E-state index in [0.29, 0.717) is 13.1 Å². The van der Waals surface area contributed by atoms with E-state index in [1.807, 2.05) is 32.0 Å². The van der Waals surface area contributed by atoms with Crippen LogP contribution in [0.15, 0.2) is 24.3 Å². The van der Waals surface area contributed by atoms with E-state index in [1.54, 1.807) is 25.7 Å². The molecule has 2 N–H and O–H groups in total. The molecule has 1 aromatic carbocycles. The fourth-order valence-electron chi connectivity index (χ4n) is 5.30. The van der Waals surface area contributed by atoms with Gasteiger partial charge in [0.05, 0.1) is 19.7 Å². The van der Waals surface area contributed by atoms with Gasteiger partial charge in [0.15, 0.2) is 0 Å². The van der Waals surface area contributed by atoms with E-state index in [0.717, 1.165) is 29.5 Å². The number of benzene rings is 1. The third-order valence-electron chi connectivity index (χ3n) is 7.63. The lowest BCUT2D eigenvalue weighted by atomic mass is 9.85. The normalized spacial score (nSPS) is 26.1. The molecule has 0 saturated carbocycles. The van der Waals surface area contributed by atoms with Crippen molar-refractivity contribution in [1.82, 2.24) is 15.1 Å². The number of nitrogens with one attached hydrogen (secondary N) is 1. The molecule has 1 fully saturated rings. The van der Waals surface area contributed by atoms with Crippen molar-refractivity contribution in [1.29, 1.82) is 0 Å². The van der Waals surface area contributed by atoms with Gasteiger partial charge in [-0.2, -0.15) is 0 Å². The SMILES string of the molecule is CC1(C)CCC=Cc2cccc3c2CN(C3)C(=O)O[C@@H]2C[C@@H](C(=O)O)N(C2)C(=O)[C@H](C(C)(C)C)NC(=O)OC1. The average Bonchev–Trinajstić information content (AvgIpc) is 3.47. The van der Waals surface area contributed by atoms with Crippen LogP contribution in [0.3, 0.4) is 0 Å². The molecule has 1 saturated heterocycles. The van der Waals surface area contributed by atoms with E-state index < -0.39 is 47.7 Å². The van der Waals surface area contributed by atoms with Gasteiger partial charge >= 0.3 is 18.2 Å². The second-order valence-electron chi connectivity index (χ2n) is 12.6. The standard InChI is InChI=1S/C29H39N3O7/c1-28(2,3)23-24(33)32-15-20(13-22(32)25(34)35)39-27(37)31-14-19-11-8-10-18(21(19)16-31)9-6-7-12-29(4,5)17-38-26(36)30-23/h6,8-11,20,22-23H,7,12-17H2,1-5H3,(H,30,36)(H,34,35)/t20-,22+,23-/m1/s1. The summed E-state index contributed by atoms with van der Waals surface area (Å²) in [6, 6.07) is 3.74. The first kappa shape index (κ1) is 28.4. The highest BCUT2D eigenvalue weighted by atomic mass is 16.6. The number of rotatable bonds is 1. The molecule has 10 heteroatoms. The predicted octanol–water partition coefficient (Wildman–Crippen LogP) is 4.17. The largest absolute Gasteiger partial charge is 0.480 e. The summed E-state index contributed by atoms with van der Waals surface area (Å²) in [7, 11) is 0. The number of allylic oxidation sites excluding steroid dienone is 1. The summed E-state index contributed by atoms with van der Waals surface area (Å²) in [6.45, 7) is 10.3. The van der Waals surface area contributed by atoms with Crippen molar-refractivity contribution in [2.45, 2.75) is 85.2 Å². The Morgan fingerprint density at radius 1 is 1.15 bits per heavy atom. The smallest absolute Gasteiger partial charge is 0.410 e. The van der Waals surface area contributed by atoms with Crippen molar-refractivity contribution in [3.8, 4) is 0 Å². The molecule has 1 aromatic rings. The molecule has 0 spiro atoms. The number of carboxylic acids is 1. The number of ether oxygens (including phenoxy) is 2. The van der Waals surface area contributed by atoms with Crippen LogP contribution in [-0.2, 0) is 32.2 Å². The highest BCUT2D eigenvalue weighted by Crippen LogP contribution is 2.31. The number of cyclic esters (lactones) is 1. The molecule has 10 nitrogen and oxygen atoms in total. The number of hydrogen-bond acceptors (Lipinski definition) is 6. The number of carbonyl (C=O) groups is 4. The second kappa shape index (κ2) is 10.9. The van der Waals surface area contributed by atoms with Gasteiger partial charge < -0.3 is 24.8 Å². The average molecular weight is 542 g/mol. The summed E-state index contributed by atoms with van der Waals surface area (Å²) in [4.78, 5) is 54.5. The number of nitrogens with zero attached hydrogens (tertiary/aromatic N) is 2. The Balaban J connectivity index is 1.63. The Bertz CT molecular complexity index is 1170. The van der Waals surface area contributed by atoms with Crippen LogP contribution in [-0.4, -0.2) is 70.3 Å². The van der Waals surface area contributed by atoms with Gasteiger partial charge in [0.2, 0.25) is 5.91 Å². The quantitative estimate of drug-likeness (QED) is 0.547. The Labute approximate surface area is 229 Å². The monoisotopic (exact) mass is 541 g/mol. The van der Waals surface area contributed by atoms with E-state index in [-0.39, 0.29) is 25.0 Å². The summed E-state index contributed by atoms with van der Waals surface area (Å²) >= 11 is 0. The number of alkyl carbamates (subject to hydrolysis) is 1. The highest BCUT2D eigenvalue weighted by Gasteiger charge is 2.46. The number of amides is 3. The van der Waals surface area contributed by atoms with Crippen molar-refractivity contribution in [3.05, 3.63) is 41.0 Å². The molecule has 0 radical (unpaired) electrons. The van der Waals surface area contributed by atoms with Crippen LogP contribution < -0.4 is 5.32 Å². The van der Waals surface area contributed by atoms with Gasteiger partial charge in [-0.05, 0) is 40.4 Å². The van der Waals surface area contributed by atoms with Crippen LogP contribution in [0.2, 0.25) is 0 Å². The molecule has 0 unspecified atom stereocenters. The van der Waals surface area contributed by atoms with Gasteiger partial charge in [0.25, 0.3) is 0 Å². The van der Waals surface area contributed by atoms with Crippen LogP contribution >= 0.6 is 0 Å². The van der Waals surface area contributed by atoms with E-state index in [2.05, 4.69) is 17.5 Å². The third kappa shape index (κ3) is 6.54. The molecule has 3 amide bonds. The number of hydrogen-bond donors (Lipinski definition) is 2. The number of fused-ring (bicyclic) bond motifs is 3. The minimum absolute atomic E-state index is 0.0307. The highest BCUT2D eigenvalue weighted by molar-refractivity contribution is 5.90. The molecule has 212 valence electrons. The van der Waals surface area contributed by atoms with Crippen molar-refractivity contribution in [2.75, 3.05) is 13.2 Å². The summed E-state index contributed by atoms with van der Waals surface area (Å²) < 4.78 is 11.2. The Morgan fingerprint density at radius 3 is 2.59 bits per heavy atom. The summed E-state index contributed by atoms with van der Waals surface area (Å²) in [5.74, 6) is -1.75. The second-order valence-corrected chi connectivity index (χ2v) is 12.6. The number of carbonyl (C=O) groups excluding carboxylic acids is 3. The minimum atomic E-state index is -1.19. The molecule has 3 aliphatic rings. The van der Waals surface area contributed by atoms with Crippen molar-refractivity contribution in [3.63, 3.8) is 0 Å². The first-order chi connectivity index (χ1) is 18.2. The molecule has 39 heavy (non-hydrogen) atoms. The van der Waals surface area contributed by atoms with E-state index in [9.17, 15) is 24.3 Å². The van der Waals surface area contributed by atoms with Gasteiger partial charge in [-0.3, -0.25) is 9.69 Å². The first-order valence-electron chi connectivity index (χ1n) is 13.4. The Kier molecular flexibility index (Phi) is 7.95. The van der Waals surface area contributed by atoms with Gasteiger partial charge in [-0.15, -0.1) is 0 Å². The zero-order chi connectivity index (χ0) is 28.5. The molecule has 4 rings (SSSR count). The molecule has 0 aromatic heterocycles. The lowest BCUT2D eigenvalue weighted by molar-refractivity contribution is -0.150. The Morgan fingerprint density at radius 2 is 1.90 bits per heavy atom. The molecule has 3 heterocycles. The van der Waals surface area contributed by atoms with Crippen molar-refractivity contribution < 1.29 is 33.8 Å². The lowest BCUT2D eigenvalue weighted by Crippen LogP contribution is -2.57. The molecule has 0 aliphatic carbocycles. The maximum atomic E-state index is 13.7. The van der Waals surface area contributed by atoms with Gasteiger partial charge in [-0.1, -0.05) is 65.0 Å². The fourth-order valence-corrected chi connectivity index (χ4v) is 5.30. The zero-order valence-corrected chi connectivity index (χ0v) is 23.4. The van der Waals surface area contributed by atoms with E-state index in [1.165, 1.54) is 4.90 Å². The van der Waals surface area contributed by atoms with Crippen molar-refractivity contribution in [2.24, 2.45) is 10.8 Å². The van der Waals surface area contributed by atoms with Crippen LogP contribution in [0.1, 0.15) is 70.6 Å². The molecular formula is C29H39N3O7. The maximum absolute atomic E-state index is 13.7. The molecular weight excluding hydrogens is 502 g/mol. The summed E-state index contributed by atoms with van der Waals surface area (Å²) in [5.41, 5.74) is 2.09. The van der Waals surface area contributed by atoms with Gasteiger partial charge in [0, 0.05) is 13.0 Å². The zero-order valence-electron chi connectivity index (χ0n) is 23.4. The van der Waals surface area contributed by atoms with E-state index in [4.69, 9.17) is 9.47 Å². The third-order valence-corrected chi connectivity index (χ3v) is 7.63. The number of aliphatic carboxylic acids is 1. The first-order valence-corrected chi connectivity index (χ1v) is 13.4. The number of carboxylic acid groups (broad SMARTS) is 1. The molecule has 4 bridgehead atoms. The summed E-state index contributed by atoms with van der Waals surface area (Å²) in [6.07, 6.45) is 3.58. The van der Waals surface area contributed by atoms with Gasteiger partial charge in [-0.25, -0.2) is 14.4 Å².